The molecule has 1 rings (SSSR count). The van der Waals surface area contributed by atoms with Crippen LogP contribution in [0, 0.1) is 11.3 Å². The molecule has 4 nitrogen and oxygen atoms in total. The number of rotatable bonds is 8. The zero-order valence-electron chi connectivity index (χ0n) is 10.5. The third-order valence-corrected chi connectivity index (χ3v) is 3.39. The van der Waals surface area contributed by atoms with Crippen molar-refractivity contribution in [2.45, 2.75) is 51.2 Å². The lowest BCUT2D eigenvalue weighted by molar-refractivity contribution is -0.119. The van der Waals surface area contributed by atoms with Crippen molar-refractivity contribution in [3.8, 4) is 6.07 Å². The van der Waals surface area contributed by atoms with E-state index in [1.165, 1.54) is 12.8 Å². The molecule has 1 atom stereocenters. The highest BCUT2D eigenvalue weighted by atomic mass is 32.2. The SMILES string of the molecule is CC(C)NC(=O)CSCCC(C#N)NC1CC1. The number of hydrogen-bond donors (Lipinski definition) is 2. The number of nitrogens with zero attached hydrogens (tertiary/aromatic N) is 1. The lowest BCUT2D eigenvalue weighted by atomic mass is 10.2. The second-order valence-corrected chi connectivity index (χ2v) is 5.79. The van der Waals surface area contributed by atoms with E-state index in [1.807, 2.05) is 13.8 Å². The van der Waals surface area contributed by atoms with Crippen LogP contribution in [-0.2, 0) is 4.79 Å². The van der Waals surface area contributed by atoms with E-state index in [0.717, 1.165) is 12.2 Å². The third kappa shape index (κ3) is 7.24. The summed E-state index contributed by atoms with van der Waals surface area (Å²) in [6, 6.07) is 2.98. The molecule has 1 aliphatic rings. The molecule has 0 aromatic carbocycles. The highest BCUT2D eigenvalue weighted by Gasteiger charge is 2.24. The average molecular weight is 255 g/mol. The summed E-state index contributed by atoms with van der Waals surface area (Å²) in [6.07, 6.45) is 3.21. The number of carbonyl (C=O) groups excluding carboxylic acids is 1. The van der Waals surface area contributed by atoms with Gasteiger partial charge in [0.1, 0.15) is 0 Å². The molecule has 5 heteroatoms. The van der Waals surface area contributed by atoms with Crippen LogP contribution in [-0.4, -0.2) is 35.5 Å². The van der Waals surface area contributed by atoms with Crippen molar-refractivity contribution in [2.75, 3.05) is 11.5 Å². The van der Waals surface area contributed by atoms with Gasteiger partial charge in [-0.1, -0.05) is 0 Å². The molecule has 1 unspecified atom stereocenters. The second kappa shape index (κ2) is 7.57. The van der Waals surface area contributed by atoms with E-state index >= 15 is 0 Å². The molecular formula is C12H21N3OS. The maximum absolute atomic E-state index is 11.3. The van der Waals surface area contributed by atoms with E-state index in [4.69, 9.17) is 5.26 Å². The van der Waals surface area contributed by atoms with Crippen molar-refractivity contribution in [1.82, 2.24) is 10.6 Å². The Labute approximate surface area is 108 Å². The number of amides is 1. The van der Waals surface area contributed by atoms with E-state index in [1.54, 1.807) is 11.8 Å². The molecule has 1 fully saturated rings. The van der Waals surface area contributed by atoms with Crippen molar-refractivity contribution in [3.05, 3.63) is 0 Å². The highest BCUT2D eigenvalue weighted by Crippen LogP contribution is 2.20. The van der Waals surface area contributed by atoms with Crippen LogP contribution in [0.25, 0.3) is 0 Å². The molecule has 0 bridgehead atoms. The summed E-state index contributed by atoms with van der Waals surface area (Å²) in [5.74, 6) is 1.41. The quantitative estimate of drug-likeness (QED) is 0.641. The number of hydrogen-bond acceptors (Lipinski definition) is 4. The van der Waals surface area contributed by atoms with E-state index in [9.17, 15) is 4.79 Å². The van der Waals surface area contributed by atoms with Gasteiger partial charge in [-0.05, 0) is 38.9 Å². The minimum Gasteiger partial charge on any atom is -0.353 e. The van der Waals surface area contributed by atoms with E-state index < -0.39 is 0 Å². The fourth-order valence-electron chi connectivity index (χ4n) is 1.45. The summed E-state index contributed by atoms with van der Waals surface area (Å²) in [5, 5.41) is 15.1. The maximum atomic E-state index is 11.3. The van der Waals surface area contributed by atoms with Crippen molar-refractivity contribution in [1.29, 1.82) is 5.26 Å². The summed E-state index contributed by atoms with van der Waals surface area (Å²) < 4.78 is 0. The third-order valence-electron chi connectivity index (χ3n) is 2.40. The van der Waals surface area contributed by atoms with Crippen LogP contribution in [0.2, 0.25) is 0 Å². The van der Waals surface area contributed by atoms with Gasteiger partial charge in [-0.3, -0.25) is 10.1 Å². The first-order valence-corrected chi connectivity index (χ1v) is 7.30. The zero-order valence-corrected chi connectivity index (χ0v) is 11.3. The van der Waals surface area contributed by atoms with Crippen LogP contribution >= 0.6 is 11.8 Å². The molecule has 0 saturated heterocycles. The van der Waals surface area contributed by atoms with Gasteiger partial charge in [-0.15, -0.1) is 0 Å². The summed E-state index contributed by atoms with van der Waals surface area (Å²) in [4.78, 5) is 11.3. The topological polar surface area (TPSA) is 64.9 Å². The summed E-state index contributed by atoms with van der Waals surface area (Å²) in [5.41, 5.74) is 0. The fourth-order valence-corrected chi connectivity index (χ4v) is 2.26. The second-order valence-electron chi connectivity index (χ2n) is 4.69. The van der Waals surface area contributed by atoms with Crippen LogP contribution < -0.4 is 10.6 Å². The van der Waals surface area contributed by atoms with Gasteiger partial charge in [0.2, 0.25) is 5.91 Å². The Morgan fingerprint density at radius 3 is 2.76 bits per heavy atom. The van der Waals surface area contributed by atoms with Gasteiger partial charge < -0.3 is 5.32 Å². The predicted molar refractivity (Wildman–Crippen MR) is 70.8 cm³/mol. The van der Waals surface area contributed by atoms with Gasteiger partial charge in [0.15, 0.2) is 0 Å². The molecule has 17 heavy (non-hydrogen) atoms. The molecule has 0 aliphatic heterocycles. The Morgan fingerprint density at radius 2 is 2.24 bits per heavy atom. The summed E-state index contributed by atoms with van der Waals surface area (Å²) in [7, 11) is 0. The predicted octanol–water partition coefficient (Wildman–Crippen LogP) is 1.28. The monoisotopic (exact) mass is 255 g/mol. The van der Waals surface area contributed by atoms with Crippen LogP contribution in [0.4, 0.5) is 0 Å². The fraction of sp³-hybridized carbons (Fsp3) is 0.833. The van der Waals surface area contributed by atoms with E-state index in [2.05, 4.69) is 16.7 Å². The Bertz CT molecular complexity index is 284. The number of nitriles is 1. The normalized spacial score (nSPS) is 16.6. The Balaban J connectivity index is 2.02. The first-order chi connectivity index (χ1) is 8.11. The Hall–Kier alpha value is -0.730. The van der Waals surface area contributed by atoms with Crippen LogP contribution in [0.5, 0.6) is 0 Å². The molecule has 0 aromatic heterocycles. The molecule has 1 saturated carbocycles. The van der Waals surface area contributed by atoms with E-state index in [0.29, 0.717) is 11.8 Å². The maximum Gasteiger partial charge on any atom is 0.230 e. The van der Waals surface area contributed by atoms with Gasteiger partial charge in [0.05, 0.1) is 17.9 Å². The Kier molecular flexibility index (Phi) is 6.38. The molecule has 1 amide bonds. The van der Waals surface area contributed by atoms with Crippen molar-refractivity contribution >= 4 is 17.7 Å². The van der Waals surface area contributed by atoms with Gasteiger partial charge in [0.25, 0.3) is 0 Å². The molecule has 0 radical (unpaired) electrons. The lowest BCUT2D eigenvalue weighted by Crippen LogP contribution is -2.32. The summed E-state index contributed by atoms with van der Waals surface area (Å²) in [6.45, 7) is 3.90. The minimum atomic E-state index is -0.0526. The first-order valence-electron chi connectivity index (χ1n) is 6.14. The molecule has 96 valence electrons. The lowest BCUT2D eigenvalue weighted by Gasteiger charge is -2.11. The number of nitrogens with one attached hydrogen (secondary N) is 2. The van der Waals surface area contributed by atoms with Gasteiger partial charge in [0, 0.05) is 12.1 Å². The molecule has 2 N–H and O–H groups in total. The minimum absolute atomic E-state index is 0.0526. The molecule has 1 aliphatic carbocycles. The van der Waals surface area contributed by atoms with Crippen LogP contribution in [0.3, 0.4) is 0 Å². The smallest absolute Gasteiger partial charge is 0.230 e. The zero-order chi connectivity index (χ0) is 12.7. The first kappa shape index (κ1) is 14.3. The molecule has 0 spiro atoms. The van der Waals surface area contributed by atoms with E-state index in [-0.39, 0.29) is 18.0 Å². The van der Waals surface area contributed by atoms with Gasteiger partial charge in [-0.2, -0.15) is 17.0 Å². The number of carbonyl (C=O) groups is 1. The number of thioether (sulfide) groups is 1. The van der Waals surface area contributed by atoms with Crippen LogP contribution in [0.1, 0.15) is 33.1 Å². The summed E-state index contributed by atoms with van der Waals surface area (Å²) >= 11 is 1.59. The van der Waals surface area contributed by atoms with Crippen molar-refractivity contribution in [2.24, 2.45) is 0 Å². The van der Waals surface area contributed by atoms with Crippen LogP contribution in [0.15, 0.2) is 0 Å². The van der Waals surface area contributed by atoms with Gasteiger partial charge >= 0.3 is 0 Å². The largest absolute Gasteiger partial charge is 0.353 e. The molecule has 0 heterocycles. The molecule has 0 aromatic rings. The average Bonchev–Trinajstić information content (AvgIpc) is 3.05. The molecular weight excluding hydrogens is 234 g/mol. The standard InChI is InChI=1S/C12H21N3OS/c1-9(2)14-12(16)8-17-6-5-11(7-13)15-10-3-4-10/h9-11,15H,3-6,8H2,1-2H3,(H,14,16). The van der Waals surface area contributed by atoms with Gasteiger partial charge in [-0.25, -0.2) is 0 Å². The highest BCUT2D eigenvalue weighted by molar-refractivity contribution is 7.99. The van der Waals surface area contributed by atoms with Crippen molar-refractivity contribution in [3.63, 3.8) is 0 Å². The van der Waals surface area contributed by atoms with Crippen molar-refractivity contribution < 1.29 is 4.79 Å². The Morgan fingerprint density at radius 1 is 1.53 bits per heavy atom.